The number of benzene rings is 1. The van der Waals surface area contributed by atoms with Crippen molar-refractivity contribution in [2.24, 2.45) is 19.2 Å². The SMILES string of the molecule is Cc1cc(C=NN(C)c2ccccc2)[n+](C)c(=O)n1C. The lowest BCUT2D eigenvalue weighted by atomic mass is 10.3. The first-order valence-corrected chi connectivity index (χ1v) is 6.40. The highest BCUT2D eigenvalue weighted by Gasteiger charge is 2.12. The molecular weight excluding hydrogens is 252 g/mol. The number of aromatic nitrogens is 2. The van der Waals surface area contributed by atoms with E-state index in [1.54, 1.807) is 34.5 Å². The molecule has 0 aliphatic carbocycles. The Labute approximate surface area is 118 Å². The summed E-state index contributed by atoms with van der Waals surface area (Å²) < 4.78 is 3.19. The molecular formula is C15H19N4O+. The van der Waals surface area contributed by atoms with Crippen molar-refractivity contribution >= 4 is 11.9 Å². The largest absolute Gasteiger partial charge is 0.498 e. The van der Waals surface area contributed by atoms with Crippen molar-refractivity contribution in [2.75, 3.05) is 12.1 Å². The summed E-state index contributed by atoms with van der Waals surface area (Å²) in [4.78, 5) is 12.0. The topological polar surface area (TPSA) is 41.5 Å². The van der Waals surface area contributed by atoms with Crippen LogP contribution in [-0.4, -0.2) is 17.8 Å². The van der Waals surface area contributed by atoms with Crippen molar-refractivity contribution in [3.63, 3.8) is 0 Å². The maximum atomic E-state index is 12.0. The van der Waals surface area contributed by atoms with Crippen LogP contribution >= 0.6 is 0 Å². The summed E-state index contributed by atoms with van der Waals surface area (Å²) in [5.41, 5.74) is 2.60. The number of nitrogens with zero attached hydrogens (tertiary/aromatic N) is 4. The van der Waals surface area contributed by atoms with Crippen molar-refractivity contribution < 1.29 is 4.57 Å². The molecule has 0 radical (unpaired) electrons. The third kappa shape index (κ3) is 2.77. The Morgan fingerprint density at radius 2 is 1.95 bits per heavy atom. The average molecular weight is 271 g/mol. The zero-order valence-corrected chi connectivity index (χ0v) is 12.2. The van der Waals surface area contributed by atoms with Gasteiger partial charge in [0.15, 0.2) is 5.69 Å². The Morgan fingerprint density at radius 1 is 1.30 bits per heavy atom. The third-order valence-corrected chi connectivity index (χ3v) is 3.34. The zero-order chi connectivity index (χ0) is 14.7. The highest BCUT2D eigenvalue weighted by molar-refractivity contribution is 5.76. The monoisotopic (exact) mass is 271 g/mol. The molecule has 0 aliphatic rings. The first-order chi connectivity index (χ1) is 9.50. The molecule has 0 N–H and O–H groups in total. The Kier molecular flexibility index (Phi) is 3.98. The number of anilines is 1. The maximum Gasteiger partial charge on any atom is 0.498 e. The molecule has 0 aliphatic heterocycles. The van der Waals surface area contributed by atoms with Crippen molar-refractivity contribution in [2.45, 2.75) is 6.92 Å². The normalized spacial score (nSPS) is 11.0. The summed E-state index contributed by atoms with van der Waals surface area (Å²) in [7, 11) is 5.38. The van der Waals surface area contributed by atoms with Crippen LogP contribution in [0.15, 0.2) is 46.3 Å². The molecule has 1 aromatic carbocycles. The standard InChI is InChI=1S/C15H19N4O/c1-12-10-14(18(3)15(20)17(12)2)11-16-19(4)13-8-6-5-7-9-13/h5-11H,1-4H3/q+1. The molecule has 0 spiro atoms. The van der Waals surface area contributed by atoms with Crippen LogP contribution in [0, 0.1) is 6.92 Å². The van der Waals surface area contributed by atoms with E-state index in [4.69, 9.17) is 0 Å². The molecule has 2 aromatic rings. The highest BCUT2D eigenvalue weighted by atomic mass is 16.1. The van der Waals surface area contributed by atoms with Crippen molar-refractivity contribution in [1.82, 2.24) is 4.57 Å². The van der Waals surface area contributed by atoms with Crippen LogP contribution in [0.4, 0.5) is 5.69 Å². The summed E-state index contributed by atoms with van der Waals surface area (Å²) in [6, 6.07) is 11.8. The Balaban J connectivity index is 2.31. The summed E-state index contributed by atoms with van der Waals surface area (Å²) in [5.74, 6) is 0. The second-order valence-corrected chi connectivity index (χ2v) is 4.71. The Bertz CT molecular complexity index is 689. The Morgan fingerprint density at radius 3 is 2.60 bits per heavy atom. The second-order valence-electron chi connectivity index (χ2n) is 4.71. The molecule has 0 unspecified atom stereocenters. The van der Waals surface area contributed by atoms with E-state index < -0.39 is 0 Å². The lowest BCUT2D eigenvalue weighted by Gasteiger charge is -2.12. The van der Waals surface area contributed by atoms with E-state index in [-0.39, 0.29) is 5.69 Å². The van der Waals surface area contributed by atoms with Crippen LogP contribution in [0.1, 0.15) is 11.4 Å². The predicted octanol–water partition coefficient (Wildman–Crippen LogP) is 0.989. The molecule has 20 heavy (non-hydrogen) atoms. The summed E-state index contributed by atoms with van der Waals surface area (Å²) in [5, 5.41) is 6.15. The quantitative estimate of drug-likeness (QED) is 0.474. The van der Waals surface area contributed by atoms with E-state index >= 15 is 0 Å². The third-order valence-electron chi connectivity index (χ3n) is 3.34. The van der Waals surface area contributed by atoms with Crippen molar-refractivity contribution in [1.29, 1.82) is 0 Å². The number of hydrogen-bond donors (Lipinski definition) is 0. The van der Waals surface area contributed by atoms with Gasteiger partial charge in [-0.1, -0.05) is 18.2 Å². The zero-order valence-electron chi connectivity index (χ0n) is 12.2. The van der Waals surface area contributed by atoms with Gasteiger partial charge >= 0.3 is 5.69 Å². The lowest BCUT2D eigenvalue weighted by Crippen LogP contribution is -2.54. The van der Waals surface area contributed by atoms with Crippen molar-refractivity contribution in [3.05, 3.63) is 58.3 Å². The summed E-state index contributed by atoms with van der Waals surface area (Å²) in [6.45, 7) is 1.90. The van der Waals surface area contributed by atoms with Gasteiger partial charge in [-0.2, -0.15) is 19.0 Å². The number of para-hydroxylation sites is 1. The van der Waals surface area contributed by atoms with Gasteiger partial charge in [0.2, 0.25) is 0 Å². The van der Waals surface area contributed by atoms with Gasteiger partial charge in [-0.25, -0.2) is 0 Å². The molecule has 0 fully saturated rings. The fourth-order valence-electron chi connectivity index (χ4n) is 1.87. The minimum absolute atomic E-state index is 0.0613. The highest BCUT2D eigenvalue weighted by Crippen LogP contribution is 2.10. The Hall–Kier alpha value is -2.43. The van der Waals surface area contributed by atoms with E-state index in [9.17, 15) is 4.79 Å². The van der Waals surface area contributed by atoms with Crippen molar-refractivity contribution in [3.8, 4) is 0 Å². The number of aryl methyl sites for hydroxylation is 1. The van der Waals surface area contributed by atoms with Crippen LogP contribution in [-0.2, 0) is 14.1 Å². The molecule has 5 nitrogen and oxygen atoms in total. The molecule has 0 saturated carbocycles. The summed E-state index contributed by atoms with van der Waals surface area (Å²) >= 11 is 0. The van der Waals surface area contributed by atoms with Gasteiger partial charge < -0.3 is 0 Å². The van der Waals surface area contributed by atoms with Gasteiger partial charge in [0.25, 0.3) is 0 Å². The van der Waals surface area contributed by atoms with E-state index in [2.05, 4.69) is 5.10 Å². The smallest absolute Gasteiger partial charge is 0.268 e. The van der Waals surface area contributed by atoms with E-state index in [0.29, 0.717) is 0 Å². The minimum Gasteiger partial charge on any atom is -0.268 e. The van der Waals surface area contributed by atoms with Gasteiger partial charge in [0, 0.05) is 13.1 Å². The molecule has 104 valence electrons. The van der Waals surface area contributed by atoms with E-state index in [1.165, 1.54) is 0 Å². The first-order valence-electron chi connectivity index (χ1n) is 6.40. The van der Waals surface area contributed by atoms with E-state index in [0.717, 1.165) is 17.1 Å². The molecule has 1 aromatic heterocycles. The second kappa shape index (κ2) is 5.69. The van der Waals surface area contributed by atoms with Crippen LogP contribution in [0.5, 0.6) is 0 Å². The van der Waals surface area contributed by atoms with Gasteiger partial charge in [-0.05, 0) is 19.1 Å². The molecule has 1 heterocycles. The number of hydrogen-bond acceptors (Lipinski definition) is 3. The van der Waals surface area contributed by atoms with Crippen LogP contribution < -0.4 is 15.3 Å². The molecule has 0 saturated heterocycles. The number of hydrazone groups is 1. The van der Waals surface area contributed by atoms with Crippen LogP contribution in [0.3, 0.4) is 0 Å². The average Bonchev–Trinajstić information content (AvgIpc) is 2.48. The fraction of sp³-hybridized carbons (Fsp3) is 0.267. The fourth-order valence-corrected chi connectivity index (χ4v) is 1.87. The first kappa shape index (κ1) is 14.0. The maximum absolute atomic E-state index is 12.0. The summed E-state index contributed by atoms with van der Waals surface area (Å²) in [6.07, 6.45) is 1.70. The van der Waals surface area contributed by atoms with Crippen LogP contribution in [0.25, 0.3) is 0 Å². The van der Waals surface area contributed by atoms with Crippen LogP contribution in [0.2, 0.25) is 0 Å². The molecule has 0 amide bonds. The van der Waals surface area contributed by atoms with E-state index in [1.807, 2.05) is 50.4 Å². The van der Waals surface area contributed by atoms with Gasteiger partial charge in [0.1, 0.15) is 5.69 Å². The number of rotatable bonds is 3. The predicted molar refractivity (Wildman–Crippen MR) is 80.0 cm³/mol. The van der Waals surface area contributed by atoms with Gasteiger partial charge in [0.05, 0.1) is 26.0 Å². The molecule has 0 bridgehead atoms. The molecule has 2 rings (SSSR count). The molecule has 0 atom stereocenters. The molecule has 5 heteroatoms. The minimum atomic E-state index is -0.0613. The van der Waals surface area contributed by atoms with Gasteiger partial charge in [-0.3, -0.25) is 5.01 Å². The van der Waals surface area contributed by atoms with Gasteiger partial charge in [-0.15, -0.1) is 0 Å². The lowest BCUT2D eigenvalue weighted by molar-refractivity contribution is -0.691.